The van der Waals surface area contributed by atoms with Crippen LogP contribution in [0.2, 0.25) is 0 Å². The Hall–Kier alpha value is -1.22. The average molecular weight is 446 g/mol. The summed E-state index contributed by atoms with van der Waals surface area (Å²) in [7, 11) is -0.718. The Bertz CT molecular complexity index is 651. The zero-order chi connectivity index (χ0) is 21.6. The number of carbonyl (C=O) groups is 1. The van der Waals surface area contributed by atoms with E-state index in [1.54, 1.807) is 0 Å². The van der Waals surface area contributed by atoms with Crippen molar-refractivity contribution in [3.8, 4) is 0 Å². The second kappa shape index (κ2) is 10.9. The maximum atomic E-state index is 11.9. The molecule has 0 saturated heterocycles. The third-order valence-corrected chi connectivity index (χ3v) is 7.57. The molecule has 3 rings (SSSR count). The molecule has 6 atom stereocenters. The maximum absolute atomic E-state index is 11.9. The van der Waals surface area contributed by atoms with Crippen molar-refractivity contribution in [2.24, 2.45) is 28.1 Å². The molecule has 0 aromatic carbocycles. The summed E-state index contributed by atoms with van der Waals surface area (Å²) in [5, 5.41) is 13.4. The lowest BCUT2D eigenvalue weighted by Gasteiger charge is -2.23. The summed E-state index contributed by atoms with van der Waals surface area (Å²) in [4.78, 5) is 21.0. The molecule has 3 aliphatic rings. The summed E-state index contributed by atoms with van der Waals surface area (Å²) in [6, 6.07) is 0.775. The van der Waals surface area contributed by atoms with Gasteiger partial charge in [-0.15, -0.1) is 0 Å². The van der Waals surface area contributed by atoms with Crippen LogP contribution in [0.4, 0.5) is 4.79 Å². The van der Waals surface area contributed by atoms with Gasteiger partial charge in [0, 0.05) is 20.7 Å². The number of fused-ring (bicyclic) bond motifs is 2. The number of unbranched alkanes of at least 4 members (excludes halogenated alkanes) is 3. The van der Waals surface area contributed by atoms with Crippen LogP contribution in [0, 0.1) is 17.8 Å². The Morgan fingerprint density at radius 2 is 1.90 bits per heavy atom. The summed E-state index contributed by atoms with van der Waals surface area (Å²) in [5.41, 5.74) is 0. The molecule has 3 unspecified atom stereocenters. The van der Waals surface area contributed by atoms with Gasteiger partial charge in [-0.2, -0.15) is 5.11 Å². The van der Waals surface area contributed by atoms with Crippen molar-refractivity contribution in [1.29, 1.82) is 0 Å². The molecule has 1 heterocycles. The summed E-state index contributed by atoms with van der Waals surface area (Å²) in [6.07, 6.45) is 7.40. The number of alkyl carbamates (subject to hydrolysis) is 1. The largest absolute Gasteiger partial charge is 0.471 e. The van der Waals surface area contributed by atoms with Gasteiger partial charge in [-0.05, 0) is 56.3 Å². The molecule has 0 radical (unpaired) electrons. The smallest absolute Gasteiger partial charge is 0.449 e. The number of rotatable bonds is 11. The number of hydrogen-bond acceptors (Lipinski definition) is 8. The van der Waals surface area contributed by atoms with Crippen LogP contribution in [0.15, 0.2) is 10.3 Å². The second-order valence-corrected chi connectivity index (χ2v) is 10.0. The van der Waals surface area contributed by atoms with E-state index in [9.17, 15) is 9.36 Å². The van der Waals surface area contributed by atoms with Crippen LogP contribution in [0.5, 0.6) is 0 Å². The third kappa shape index (κ3) is 6.64. The molecular weight excluding hydrogens is 411 g/mol. The summed E-state index contributed by atoms with van der Waals surface area (Å²) < 4.78 is 25.7. The van der Waals surface area contributed by atoms with Crippen molar-refractivity contribution in [2.75, 3.05) is 33.9 Å². The number of hydrogen-bond donors (Lipinski definition) is 2. The molecule has 1 aliphatic heterocycles. The van der Waals surface area contributed by atoms with E-state index in [1.165, 1.54) is 0 Å². The minimum atomic E-state index is -3.87. The molecule has 30 heavy (non-hydrogen) atoms. The van der Waals surface area contributed by atoms with Crippen LogP contribution in [-0.2, 0) is 18.3 Å². The summed E-state index contributed by atoms with van der Waals surface area (Å²) in [5.74, 6) is 1.82. The normalized spacial score (nSPS) is 31.8. The first-order chi connectivity index (χ1) is 14.4. The molecule has 11 heteroatoms. The Kier molecular flexibility index (Phi) is 8.51. The van der Waals surface area contributed by atoms with Crippen molar-refractivity contribution in [1.82, 2.24) is 10.3 Å². The highest BCUT2D eigenvalue weighted by molar-refractivity contribution is 7.47. The molecule has 2 N–H and O–H groups in total. The fourth-order valence-electron chi connectivity index (χ4n) is 4.75. The third-order valence-electron chi connectivity index (χ3n) is 6.60. The first-order valence-corrected chi connectivity index (χ1v) is 12.5. The molecule has 2 aliphatic carbocycles. The van der Waals surface area contributed by atoms with Crippen LogP contribution >= 0.6 is 7.82 Å². The molecule has 0 spiro atoms. The lowest BCUT2D eigenvalue weighted by molar-refractivity contribution is 0.137. The first kappa shape index (κ1) is 23.4. The SMILES string of the molecule is COP(=O)(O)OCCCCCCNC(=O)OC[C@@H]1[C@@H]2CCC3C(CC[C@@H]21)N=NN3C. The zero-order valence-corrected chi connectivity index (χ0v) is 18.8. The molecule has 2 saturated carbocycles. The van der Waals surface area contributed by atoms with Gasteiger partial charge in [-0.3, -0.25) is 14.1 Å². The van der Waals surface area contributed by atoms with Crippen molar-refractivity contribution < 1.29 is 28.0 Å². The standard InChI is InChI=1S/C19H35N4O6P/c1-23-18-10-8-15-14(7-9-17(18)21-22-23)16(15)13-28-19(24)20-11-5-3-4-6-12-29-30(25,26)27-2/h14-18H,3-13H2,1-2H3,(H,20,24)(H,25,26)/t14-,15+,16-,17?,18?/m0/s1. The lowest BCUT2D eigenvalue weighted by atomic mass is 9.93. The Morgan fingerprint density at radius 1 is 1.17 bits per heavy atom. The van der Waals surface area contributed by atoms with Crippen LogP contribution in [0.1, 0.15) is 51.4 Å². The number of likely N-dealkylation sites (N-methyl/N-ethyl adjacent to an activating group) is 1. The van der Waals surface area contributed by atoms with E-state index in [2.05, 4.69) is 20.2 Å². The highest BCUT2D eigenvalue weighted by Gasteiger charge is 2.52. The van der Waals surface area contributed by atoms with Crippen molar-refractivity contribution in [3.05, 3.63) is 0 Å². The Morgan fingerprint density at radius 3 is 2.67 bits per heavy atom. The molecule has 0 bridgehead atoms. The van der Waals surface area contributed by atoms with E-state index in [0.29, 0.717) is 49.4 Å². The monoisotopic (exact) mass is 446 g/mol. The van der Waals surface area contributed by atoms with Gasteiger partial charge in [0.1, 0.15) is 0 Å². The minimum Gasteiger partial charge on any atom is -0.449 e. The molecule has 2 fully saturated rings. The van der Waals surface area contributed by atoms with Gasteiger partial charge < -0.3 is 14.9 Å². The van der Waals surface area contributed by atoms with Gasteiger partial charge >= 0.3 is 13.9 Å². The zero-order valence-electron chi connectivity index (χ0n) is 17.9. The molecule has 0 aromatic rings. The number of carbonyl (C=O) groups excluding carboxylic acids is 1. The van der Waals surface area contributed by atoms with E-state index in [-0.39, 0.29) is 12.7 Å². The Balaban J connectivity index is 1.20. The van der Waals surface area contributed by atoms with Crippen LogP contribution < -0.4 is 5.32 Å². The highest BCUT2D eigenvalue weighted by Crippen LogP contribution is 2.54. The highest BCUT2D eigenvalue weighted by atomic mass is 31.2. The van der Waals surface area contributed by atoms with Gasteiger partial charge in [0.2, 0.25) is 0 Å². The van der Waals surface area contributed by atoms with E-state index >= 15 is 0 Å². The molecule has 10 nitrogen and oxygen atoms in total. The quantitative estimate of drug-likeness (QED) is 0.368. The van der Waals surface area contributed by atoms with Crippen LogP contribution in [0.3, 0.4) is 0 Å². The number of ether oxygens (including phenoxy) is 1. The van der Waals surface area contributed by atoms with E-state index in [1.807, 2.05) is 12.1 Å². The summed E-state index contributed by atoms with van der Waals surface area (Å²) >= 11 is 0. The van der Waals surface area contributed by atoms with Crippen LogP contribution in [-0.4, -0.2) is 62.0 Å². The van der Waals surface area contributed by atoms with Gasteiger partial charge in [0.15, 0.2) is 0 Å². The van der Waals surface area contributed by atoms with E-state index < -0.39 is 7.82 Å². The fraction of sp³-hybridized carbons (Fsp3) is 0.947. The van der Waals surface area contributed by atoms with Crippen molar-refractivity contribution in [3.63, 3.8) is 0 Å². The average Bonchev–Trinajstić information content (AvgIpc) is 3.24. The van der Waals surface area contributed by atoms with Crippen LogP contribution in [0.25, 0.3) is 0 Å². The van der Waals surface area contributed by atoms with E-state index in [4.69, 9.17) is 14.2 Å². The molecule has 0 aromatic heterocycles. The number of phosphoric ester groups is 1. The van der Waals surface area contributed by atoms with Crippen molar-refractivity contribution >= 4 is 13.9 Å². The van der Waals surface area contributed by atoms with Gasteiger partial charge in [0.05, 0.1) is 25.3 Å². The minimum absolute atomic E-state index is 0.182. The second-order valence-electron chi connectivity index (χ2n) is 8.48. The Labute approximate surface area is 178 Å². The number of nitrogens with zero attached hydrogens (tertiary/aromatic N) is 3. The fourth-order valence-corrected chi connectivity index (χ4v) is 5.22. The summed E-state index contributed by atoms with van der Waals surface area (Å²) in [6.45, 7) is 1.25. The molecule has 1 amide bonds. The molecular formula is C19H35N4O6P. The van der Waals surface area contributed by atoms with Gasteiger partial charge in [-0.25, -0.2) is 9.36 Å². The predicted molar refractivity (Wildman–Crippen MR) is 110 cm³/mol. The van der Waals surface area contributed by atoms with E-state index in [0.717, 1.165) is 52.1 Å². The first-order valence-electron chi connectivity index (χ1n) is 11.0. The number of nitrogens with one attached hydrogen (secondary N) is 1. The van der Waals surface area contributed by atoms with Gasteiger partial charge in [-0.1, -0.05) is 18.1 Å². The van der Waals surface area contributed by atoms with Gasteiger partial charge in [0.25, 0.3) is 0 Å². The number of amides is 1. The van der Waals surface area contributed by atoms with Crippen molar-refractivity contribution in [2.45, 2.75) is 63.5 Å². The maximum Gasteiger partial charge on any atom is 0.471 e. The topological polar surface area (TPSA) is 122 Å². The molecule has 172 valence electrons. The predicted octanol–water partition coefficient (Wildman–Crippen LogP) is 3.52. The lowest BCUT2D eigenvalue weighted by Crippen LogP contribution is -2.33. The number of phosphoric acid groups is 1.